The smallest absolute Gasteiger partial charge is 0.180 e. The fourth-order valence-corrected chi connectivity index (χ4v) is 2.34. The summed E-state index contributed by atoms with van der Waals surface area (Å²) < 4.78 is 7.48. The summed E-state index contributed by atoms with van der Waals surface area (Å²) in [5.74, 6) is 6.75. The predicted molar refractivity (Wildman–Crippen MR) is 72.9 cm³/mol. The molecule has 19 heavy (non-hydrogen) atoms. The van der Waals surface area contributed by atoms with Crippen LogP contribution in [-0.2, 0) is 4.74 Å². The number of anilines is 2. The van der Waals surface area contributed by atoms with Crippen LogP contribution in [0, 0.1) is 0 Å². The highest BCUT2D eigenvalue weighted by Gasteiger charge is 2.15. The van der Waals surface area contributed by atoms with Gasteiger partial charge in [-0.2, -0.15) is 0 Å². The number of nitrogens with two attached hydrogens (primary N) is 1. The lowest BCUT2D eigenvalue weighted by atomic mass is 10.2. The summed E-state index contributed by atoms with van der Waals surface area (Å²) in [6.07, 6.45) is 9.07. The van der Waals surface area contributed by atoms with E-state index >= 15 is 0 Å². The lowest BCUT2D eigenvalue weighted by molar-refractivity contribution is 0.107. The third-order valence-corrected chi connectivity index (χ3v) is 3.30. The average molecular weight is 262 g/mol. The minimum atomic E-state index is 0.374. The first-order valence-corrected chi connectivity index (χ1v) is 6.52. The molecular formula is C12H18N6O. The van der Waals surface area contributed by atoms with Gasteiger partial charge >= 0.3 is 0 Å². The number of hydrazine groups is 1. The standard InChI is InChI=1S/C12H18N6O/c13-17-10-8-18-6-5-15-12(18)11(16-10)14-4-3-9-2-1-7-19-9/h5-6,8-9,17H,1-4,7,13H2,(H,14,16). The number of rotatable bonds is 5. The van der Waals surface area contributed by atoms with Crippen molar-refractivity contribution >= 4 is 17.3 Å². The fourth-order valence-electron chi connectivity index (χ4n) is 2.34. The lowest BCUT2D eigenvalue weighted by Crippen LogP contribution is -2.15. The molecule has 2 aromatic heterocycles. The van der Waals surface area contributed by atoms with Gasteiger partial charge < -0.3 is 19.9 Å². The molecule has 2 aromatic rings. The maximum absolute atomic E-state index is 5.59. The summed E-state index contributed by atoms with van der Waals surface area (Å²) in [7, 11) is 0. The molecule has 0 radical (unpaired) electrons. The van der Waals surface area contributed by atoms with Gasteiger partial charge in [0.1, 0.15) is 0 Å². The van der Waals surface area contributed by atoms with E-state index in [0.717, 1.165) is 37.5 Å². The summed E-state index contributed by atoms with van der Waals surface area (Å²) in [4.78, 5) is 8.67. The lowest BCUT2D eigenvalue weighted by Gasteiger charge is -2.12. The average Bonchev–Trinajstić information content (AvgIpc) is 3.08. The highest BCUT2D eigenvalue weighted by atomic mass is 16.5. The molecule has 1 atom stereocenters. The molecule has 0 aromatic carbocycles. The van der Waals surface area contributed by atoms with Crippen molar-refractivity contribution in [2.75, 3.05) is 23.9 Å². The van der Waals surface area contributed by atoms with Crippen molar-refractivity contribution in [2.45, 2.75) is 25.4 Å². The van der Waals surface area contributed by atoms with E-state index in [1.54, 1.807) is 12.4 Å². The van der Waals surface area contributed by atoms with Crippen LogP contribution in [0.3, 0.4) is 0 Å². The van der Waals surface area contributed by atoms with Crippen molar-refractivity contribution in [1.82, 2.24) is 14.4 Å². The fraction of sp³-hybridized carbons (Fsp3) is 0.500. The Labute approximate surface area is 111 Å². The quantitative estimate of drug-likeness (QED) is 0.550. The molecule has 1 unspecified atom stereocenters. The number of nitrogens with one attached hydrogen (secondary N) is 2. The van der Waals surface area contributed by atoms with E-state index in [0.29, 0.717) is 11.9 Å². The van der Waals surface area contributed by atoms with Crippen LogP contribution in [0.1, 0.15) is 19.3 Å². The first kappa shape index (κ1) is 12.2. The minimum Gasteiger partial charge on any atom is -0.378 e. The van der Waals surface area contributed by atoms with Gasteiger partial charge in [-0.1, -0.05) is 0 Å². The van der Waals surface area contributed by atoms with Crippen LogP contribution < -0.4 is 16.6 Å². The molecule has 1 saturated heterocycles. The summed E-state index contributed by atoms with van der Waals surface area (Å²) in [5, 5.41) is 3.31. The van der Waals surface area contributed by atoms with E-state index in [9.17, 15) is 0 Å². The number of aromatic nitrogens is 3. The van der Waals surface area contributed by atoms with E-state index in [4.69, 9.17) is 10.6 Å². The Kier molecular flexibility index (Phi) is 3.47. The molecule has 7 heteroatoms. The molecule has 3 heterocycles. The van der Waals surface area contributed by atoms with Gasteiger partial charge in [0.05, 0.1) is 12.3 Å². The maximum atomic E-state index is 5.59. The van der Waals surface area contributed by atoms with Crippen molar-refractivity contribution in [3.05, 3.63) is 18.6 Å². The molecule has 1 aliphatic rings. The molecule has 3 rings (SSSR count). The largest absolute Gasteiger partial charge is 0.378 e. The van der Waals surface area contributed by atoms with Crippen molar-refractivity contribution < 1.29 is 4.74 Å². The Morgan fingerprint density at radius 1 is 1.53 bits per heavy atom. The van der Waals surface area contributed by atoms with Gasteiger partial charge in [-0.25, -0.2) is 15.8 Å². The SMILES string of the molecule is NNc1cn2ccnc2c(NCCC2CCCO2)n1. The molecule has 0 saturated carbocycles. The topological polar surface area (TPSA) is 89.5 Å². The Morgan fingerprint density at radius 3 is 3.26 bits per heavy atom. The van der Waals surface area contributed by atoms with Gasteiger partial charge in [0.15, 0.2) is 17.3 Å². The molecule has 7 nitrogen and oxygen atoms in total. The van der Waals surface area contributed by atoms with Crippen LogP contribution in [0.15, 0.2) is 18.6 Å². The van der Waals surface area contributed by atoms with Gasteiger partial charge in [0.25, 0.3) is 0 Å². The van der Waals surface area contributed by atoms with Gasteiger partial charge in [0, 0.05) is 25.5 Å². The second-order valence-corrected chi connectivity index (χ2v) is 4.63. The number of nitrogens with zero attached hydrogens (tertiary/aromatic N) is 3. The van der Waals surface area contributed by atoms with Crippen LogP contribution in [0.2, 0.25) is 0 Å². The number of fused-ring (bicyclic) bond motifs is 1. The highest BCUT2D eigenvalue weighted by molar-refractivity contribution is 5.65. The molecule has 0 spiro atoms. The monoisotopic (exact) mass is 262 g/mol. The summed E-state index contributed by atoms with van der Waals surface area (Å²) >= 11 is 0. The van der Waals surface area contributed by atoms with Crippen LogP contribution in [0.4, 0.5) is 11.6 Å². The van der Waals surface area contributed by atoms with Crippen molar-refractivity contribution in [2.24, 2.45) is 5.84 Å². The predicted octanol–water partition coefficient (Wildman–Crippen LogP) is 0.996. The summed E-state index contributed by atoms with van der Waals surface area (Å²) in [6, 6.07) is 0. The molecule has 1 aliphatic heterocycles. The second kappa shape index (κ2) is 5.41. The highest BCUT2D eigenvalue weighted by Crippen LogP contribution is 2.18. The van der Waals surface area contributed by atoms with Crippen molar-refractivity contribution in [3.63, 3.8) is 0 Å². The zero-order valence-corrected chi connectivity index (χ0v) is 10.7. The molecule has 0 amide bonds. The molecule has 0 bridgehead atoms. The Bertz CT molecular complexity index is 548. The first-order valence-electron chi connectivity index (χ1n) is 6.52. The van der Waals surface area contributed by atoms with Gasteiger partial charge in [-0.05, 0) is 19.3 Å². The van der Waals surface area contributed by atoms with Gasteiger partial charge in [-0.15, -0.1) is 0 Å². The number of hydrogen-bond acceptors (Lipinski definition) is 6. The Balaban J connectivity index is 1.70. The molecule has 0 aliphatic carbocycles. The van der Waals surface area contributed by atoms with Crippen molar-refractivity contribution in [3.8, 4) is 0 Å². The van der Waals surface area contributed by atoms with E-state index in [-0.39, 0.29) is 0 Å². The van der Waals surface area contributed by atoms with Crippen molar-refractivity contribution in [1.29, 1.82) is 0 Å². The Morgan fingerprint density at radius 2 is 2.47 bits per heavy atom. The first-order chi connectivity index (χ1) is 9.36. The minimum absolute atomic E-state index is 0.374. The van der Waals surface area contributed by atoms with Gasteiger partial charge in [0.2, 0.25) is 0 Å². The normalized spacial score (nSPS) is 18.9. The summed E-state index contributed by atoms with van der Waals surface area (Å²) in [5.41, 5.74) is 3.35. The van der Waals surface area contributed by atoms with Crippen LogP contribution in [0.5, 0.6) is 0 Å². The second-order valence-electron chi connectivity index (χ2n) is 4.63. The van der Waals surface area contributed by atoms with E-state index in [1.807, 2.05) is 10.6 Å². The molecular weight excluding hydrogens is 244 g/mol. The van der Waals surface area contributed by atoms with E-state index < -0.39 is 0 Å². The van der Waals surface area contributed by atoms with Crippen LogP contribution >= 0.6 is 0 Å². The molecule has 1 fully saturated rings. The van der Waals surface area contributed by atoms with E-state index in [2.05, 4.69) is 20.7 Å². The maximum Gasteiger partial charge on any atom is 0.180 e. The third kappa shape index (κ3) is 2.61. The zero-order valence-electron chi connectivity index (χ0n) is 10.7. The molecule has 102 valence electrons. The van der Waals surface area contributed by atoms with Crippen LogP contribution in [0.25, 0.3) is 5.65 Å². The summed E-state index contributed by atoms with van der Waals surface area (Å²) in [6.45, 7) is 1.70. The zero-order chi connectivity index (χ0) is 13.1. The van der Waals surface area contributed by atoms with Crippen LogP contribution in [-0.4, -0.2) is 33.6 Å². The number of ether oxygens (including phenoxy) is 1. The van der Waals surface area contributed by atoms with E-state index in [1.165, 1.54) is 6.42 Å². The third-order valence-electron chi connectivity index (χ3n) is 3.30. The van der Waals surface area contributed by atoms with Gasteiger partial charge in [-0.3, -0.25) is 0 Å². The molecule has 4 N–H and O–H groups in total. The Hall–Kier alpha value is -1.86. The number of nitrogen functional groups attached to an aromatic ring is 1. The number of imidazole rings is 1. The number of hydrogen-bond donors (Lipinski definition) is 3.